The first-order valence-corrected chi connectivity index (χ1v) is 10.4. The maximum absolute atomic E-state index is 12.5. The summed E-state index contributed by atoms with van der Waals surface area (Å²) in [6.45, 7) is 5.76. The molecule has 0 unspecified atom stereocenters. The number of carbonyl (C=O) groups excluding carboxylic acids is 1. The van der Waals surface area contributed by atoms with Gasteiger partial charge in [-0.05, 0) is 30.5 Å². The molecule has 3 heterocycles. The van der Waals surface area contributed by atoms with Crippen LogP contribution in [0.1, 0.15) is 18.4 Å². The van der Waals surface area contributed by atoms with Crippen LogP contribution < -0.4 is 15.5 Å². The van der Waals surface area contributed by atoms with Gasteiger partial charge in [-0.3, -0.25) is 4.90 Å². The van der Waals surface area contributed by atoms with E-state index in [0.717, 1.165) is 44.2 Å². The molecule has 1 atom stereocenters. The number of urea groups is 1. The highest BCUT2D eigenvalue weighted by molar-refractivity contribution is 5.92. The molecule has 2 aliphatic rings. The summed E-state index contributed by atoms with van der Waals surface area (Å²) in [7, 11) is 0. The molecule has 2 aromatic rings. The lowest BCUT2D eigenvalue weighted by Gasteiger charge is -2.33. The van der Waals surface area contributed by atoms with Crippen LogP contribution in [0.15, 0.2) is 48.7 Å². The highest BCUT2D eigenvalue weighted by Gasteiger charge is 2.22. The number of aromatic nitrogens is 1. The van der Waals surface area contributed by atoms with Gasteiger partial charge in [-0.15, -0.1) is 0 Å². The van der Waals surface area contributed by atoms with Crippen LogP contribution in [0.25, 0.3) is 0 Å². The SMILES string of the molecule is O=C(NC[C@@H]1CN(Cc2ccccc2)CCO1)Nc1cccnc1N1CCCC1. The predicted octanol–water partition coefficient (Wildman–Crippen LogP) is 2.70. The Kier molecular flexibility index (Phi) is 6.59. The molecule has 1 aromatic heterocycles. The standard InChI is InChI=1S/C22H29N5O2/c28-22(25-20-9-6-10-23-21(20)27-11-4-5-12-27)24-15-19-17-26(13-14-29-19)16-18-7-2-1-3-8-18/h1-3,6-10,19H,4-5,11-17H2,(H2,24,25,28)/t19-/m1/s1. The van der Waals surface area contributed by atoms with Crippen LogP contribution in [0.4, 0.5) is 16.3 Å². The van der Waals surface area contributed by atoms with Crippen molar-refractivity contribution in [1.82, 2.24) is 15.2 Å². The fourth-order valence-electron chi connectivity index (χ4n) is 3.94. The molecule has 1 aromatic carbocycles. The van der Waals surface area contributed by atoms with Gasteiger partial charge in [0, 0.05) is 45.5 Å². The molecule has 2 amide bonds. The number of benzene rings is 1. The number of pyridine rings is 1. The van der Waals surface area contributed by atoms with E-state index in [4.69, 9.17) is 4.74 Å². The van der Waals surface area contributed by atoms with Gasteiger partial charge in [0.25, 0.3) is 0 Å². The molecule has 0 bridgehead atoms. The number of hydrogen-bond acceptors (Lipinski definition) is 5. The molecule has 7 nitrogen and oxygen atoms in total. The largest absolute Gasteiger partial charge is 0.374 e. The van der Waals surface area contributed by atoms with E-state index in [0.29, 0.717) is 13.2 Å². The van der Waals surface area contributed by atoms with E-state index in [2.05, 4.69) is 49.7 Å². The van der Waals surface area contributed by atoms with E-state index in [1.807, 2.05) is 18.2 Å². The predicted molar refractivity (Wildman–Crippen MR) is 114 cm³/mol. The first-order valence-electron chi connectivity index (χ1n) is 10.4. The lowest BCUT2D eigenvalue weighted by molar-refractivity contribution is -0.0285. The summed E-state index contributed by atoms with van der Waals surface area (Å²) in [5, 5.41) is 5.91. The zero-order chi connectivity index (χ0) is 19.9. The monoisotopic (exact) mass is 395 g/mol. The van der Waals surface area contributed by atoms with Crippen LogP contribution in [0.2, 0.25) is 0 Å². The number of anilines is 2. The number of rotatable bonds is 6. The van der Waals surface area contributed by atoms with Gasteiger partial charge >= 0.3 is 6.03 Å². The quantitative estimate of drug-likeness (QED) is 0.787. The van der Waals surface area contributed by atoms with Crippen LogP contribution in [-0.4, -0.2) is 61.3 Å². The van der Waals surface area contributed by atoms with Crippen molar-refractivity contribution in [2.24, 2.45) is 0 Å². The summed E-state index contributed by atoms with van der Waals surface area (Å²) < 4.78 is 5.85. The summed E-state index contributed by atoms with van der Waals surface area (Å²) >= 11 is 0. The summed E-state index contributed by atoms with van der Waals surface area (Å²) in [6.07, 6.45) is 4.10. The van der Waals surface area contributed by atoms with E-state index in [1.54, 1.807) is 6.20 Å². The molecule has 154 valence electrons. The Morgan fingerprint density at radius 2 is 1.93 bits per heavy atom. The molecule has 7 heteroatoms. The molecule has 0 spiro atoms. The third kappa shape index (κ3) is 5.46. The van der Waals surface area contributed by atoms with Gasteiger partial charge < -0.3 is 20.3 Å². The normalized spacial score (nSPS) is 19.9. The second-order valence-corrected chi connectivity index (χ2v) is 7.62. The number of morpholine rings is 1. The van der Waals surface area contributed by atoms with Crippen molar-refractivity contribution in [2.75, 3.05) is 49.5 Å². The lowest BCUT2D eigenvalue weighted by atomic mass is 10.2. The number of nitrogens with one attached hydrogen (secondary N) is 2. The topological polar surface area (TPSA) is 69.7 Å². The minimum Gasteiger partial charge on any atom is -0.374 e. The number of nitrogens with zero attached hydrogens (tertiary/aromatic N) is 3. The van der Waals surface area contributed by atoms with Crippen molar-refractivity contribution < 1.29 is 9.53 Å². The van der Waals surface area contributed by atoms with Gasteiger partial charge in [0.15, 0.2) is 5.82 Å². The van der Waals surface area contributed by atoms with E-state index in [9.17, 15) is 4.79 Å². The Bertz CT molecular complexity index is 795. The first-order chi connectivity index (χ1) is 14.3. The van der Waals surface area contributed by atoms with Crippen molar-refractivity contribution in [3.8, 4) is 0 Å². The minimum absolute atomic E-state index is 0.00911. The number of hydrogen-bond donors (Lipinski definition) is 2. The van der Waals surface area contributed by atoms with Gasteiger partial charge in [-0.25, -0.2) is 9.78 Å². The molecule has 2 saturated heterocycles. The third-order valence-corrected chi connectivity index (χ3v) is 5.40. The van der Waals surface area contributed by atoms with Crippen LogP contribution in [0.5, 0.6) is 0 Å². The molecule has 29 heavy (non-hydrogen) atoms. The number of ether oxygens (including phenoxy) is 1. The van der Waals surface area contributed by atoms with Crippen LogP contribution in [0.3, 0.4) is 0 Å². The molecule has 4 rings (SSSR count). The second-order valence-electron chi connectivity index (χ2n) is 7.62. The Morgan fingerprint density at radius 3 is 2.76 bits per heavy atom. The van der Waals surface area contributed by atoms with Gasteiger partial charge in [-0.1, -0.05) is 30.3 Å². The van der Waals surface area contributed by atoms with Crippen LogP contribution >= 0.6 is 0 Å². The number of amides is 2. The highest BCUT2D eigenvalue weighted by Crippen LogP contribution is 2.25. The Morgan fingerprint density at radius 1 is 1.10 bits per heavy atom. The average molecular weight is 396 g/mol. The smallest absolute Gasteiger partial charge is 0.319 e. The van der Waals surface area contributed by atoms with Crippen molar-refractivity contribution in [2.45, 2.75) is 25.5 Å². The van der Waals surface area contributed by atoms with E-state index in [-0.39, 0.29) is 12.1 Å². The van der Waals surface area contributed by atoms with Crippen molar-refractivity contribution in [3.05, 3.63) is 54.2 Å². The third-order valence-electron chi connectivity index (χ3n) is 5.40. The fraction of sp³-hybridized carbons (Fsp3) is 0.455. The molecule has 0 radical (unpaired) electrons. The first kappa shape index (κ1) is 19.7. The maximum atomic E-state index is 12.5. The van der Waals surface area contributed by atoms with Crippen molar-refractivity contribution >= 4 is 17.5 Å². The van der Waals surface area contributed by atoms with E-state index in [1.165, 1.54) is 18.4 Å². The van der Waals surface area contributed by atoms with E-state index >= 15 is 0 Å². The molecule has 2 fully saturated rings. The van der Waals surface area contributed by atoms with Crippen LogP contribution in [-0.2, 0) is 11.3 Å². The van der Waals surface area contributed by atoms with Crippen molar-refractivity contribution in [3.63, 3.8) is 0 Å². The van der Waals surface area contributed by atoms with Gasteiger partial charge in [0.05, 0.1) is 18.4 Å². The zero-order valence-electron chi connectivity index (χ0n) is 16.7. The Hall–Kier alpha value is -2.64. The molecule has 0 saturated carbocycles. The summed E-state index contributed by atoms with van der Waals surface area (Å²) in [5.41, 5.74) is 2.05. The summed E-state index contributed by atoms with van der Waals surface area (Å²) in [6, 6.07) is 14.0. The number of carbonyl (C=O) groups is 1. The minimum atomic E-state index is -0.220. The Labute approximate surface area is 172 Å². The summed E-state index contributed by atoms with van der Waals surface area (Å²) in [4.78, 5) is 21.5. The average Bonchev–Trinajstić information content (AvgIpc) is 3.28. The molecular formula is C22H29N5O2. The van der Waals surface area contributed by atoms with Gasteiger partial charge in [0.1, 0.15) is 0 Å². The molecule has 2 N–H and O–H groups in total. The van der Waals surface area contributed by atoms with E-state index < -0.39 is 0 Å². The molecular weight excluding hydrogens is 366 g/mol. The summed E-state index contributed by atoms with van der Waals surface area (Å²) in [5.74, 6) is 0.850. The Balaban J connectivity index is 1.26. The second kappa shape index (κ2) is 9.71. The van der Waals surface area contributed by atoms with Crippen LogP contribution in [0, 0.1) is 0 Å². The van der Waals surface area contributed by atoms with Gasteiger partial charge in [-0.2, -0.15) is 0 Å². The molecule has 2 aliphatic heterocycles. The highest BCUT2D eigenvalue weighted by atomic mass is 16.5. The lowest BCUT2D eigenvalue weighted by Crippen LogP contribution is -2.47. The maximum Gasteiger partial charge on any atom is 0.319 e. The van der Waals surface area contributed by atoms with Gasteiger partial charge in [0.2, 0.25) is 0 Å². The molecule has 0 aliphatic carbocycles. The fourth-order valence-corrected chi connectivity index (χ4v) is 3.94. The zero-order valence-corrected chi connectivity index (χ0v) is 16.7. The van der Waals surface area contributed by atoms with Crippen molar-refractivity contribution in [1.29, 1.82) is 0 Å².